The van der Waals surface area contributed by atoms with Gasteiger partial charge in [0.25, 0.3) is 5.91 Å². The van der Waals surface area contributed by atoms with E-state index in [0.29, 0.717) is 24.0 Å². The Morgan fingerprint density at radius 3 is 2.47 bits per heavy atom. The molecule has 1 unspecified atom stereocenters. The lowest BCUT2D eigenvalue weighted by atomic mass is 10.1. The summed E-state index contributed by atoms with van der Waals surface area (Å²) < 4.78 is 40.7. The average molecular weight is 466 g/mol. The minimum Gasteiger partial charge on any atom is -0.336 e. The van der Waals surface area contributed by atoms with Crippen LogP contribution in [0.2, 0.25) is 5.02 Å². The van der Waals surface area contributed by atoms with E-state index in [1.54, 1.807) is 6.07 Å². The molecule has 6 nitrogen and oxygen atoms in total. The van der Waals surface area contributed by atoms with Crippen molar-refractivity contribution in [3.63, 3.8) is 0 Å². The predicted molar refractivity (Wildman–Crippen MR) is 118 cm³/mol. The normalized spacial score (nSPS) is 12.1. The van der Waals surface area contributed by atoms with Gasteiger partial charge in [-0.2, -0.15) is 5.10 Å². The van der Waals surface area contributed by atoms with Crippen molar-refractivity contribution in [2.24, 2.45) is 5.92 Å². The van der Waals surface area contributed by atoms with Gasteiger partial charge < -0.3 is 10.6 Å². The SMILES string of the molecule is CC(C)CCNC(NC(=O)c1ccc(Cl)c(F)c1)Nc1cc(-c2cc(F)cc(F)c2)[nH]n1. The lowest BCUT2D eigenvalue weighted by Crippen LogP contribution is -2.51. The van der Waals surface area contributed by atoms with E-state index in [4.69, 9.17) is 11.6 Å². The first-order valence-corrected chi connectivity index (χ1v) is 10.4. The van der Waals surface area contributed by atoms with Crippen LogP contribution >= 0.6 is 11.6 Å². The highest BCUT2D eigenvalue weighted by Gasteiger charge is 2.16. The summed E-state index contributed by atoms with van der Waals surface area (Å²) in [5.41, 5.74) is 0.772. The maximum atomic E-state index is 13.7. The first-order chi connectivity index (χ1) is 15.2. The molecule has 3 rings (SSSR count). The fourth-order valence-corrected chi connectivity index (χ4v) is 3.02. The Labute approximate surface area is 188 Å². The Hall–Kier alpha value is -3.04. The lowest BCUT2D eigenvalue weighted by Gasteiger charge is -2.22. The summed E-state index contributed by atoms with van der Waals surface area (Å²) in [6, 6.07) is 8.46. The second-order valence-corrected chi connectivity index (χ2v) is 8.05. The molecule has 1 heterocycles. The van der Waals surface area contributed by atoms with Crippen LogP contribution in [0.3, 0.4) is 0 Å². The third-order valence-electron chi connectivity index (χ3n) is 4.57. The van der Waals surface area contributed by atoms with Crippen molar-refractivity contribution in [3.05, 3.63) is 70.5 Å². The number of nitrogens with zero attached hydrogens (tertiary/aromatic N) is 1. The number of benzene rings is 2. The van der Waals surface area contributed by atoms with Crippen LogP contribution in [0.1, 0.15) is 30.6 Å². The number of nitrogens with one attached hydrogen (secondary N) is 4. The van der Waals surface area contributed by atoms with Gasteiger partial charge in [0.05, 0.1) is 10.7 Å². The van der Waals surface area contributed by atoms with Gasteiger partial charge in [0.2, 0.25) is 0 Å². The molecular formula is C22H23ClF3N5O. The Bertz CT molecular complexity index is 1070. The van der Waals surface area contributed by atoms with E-state index in [-0.39, 0.29) is 16.1 Å². The zero-order chi connectivity index (χ0) is 23.3. The predicted octanol–water partition coefficient (Wildman–Crippen LogP) is 4.91. The first kappa shape index (κ1) is 23.6. The molecule has 0 radical (unpaired) electrons. The maximum Gasteiger partial charge on any atom is 0.253 e. The third-order valence-corrected chi connectivity index (χ3v) is 4.88. The van der Waals surface area contributed by atoms with E-state index in [1.165, 1.54) is 24.3 Å². The van der Waals surface area contributed by atoms with Gasteiger partial charge >= 0.3 is 0 Å². The summed E-state index contributed by atoms with van der Waals surface area (Å²) in [5.74, 6) is -1.88. The van der Waals surface area contributed by atoms with E-state index < -0.39 is 29.6 Å². The van der Waals surface area contributed by atoms with Crippen molar-refractivity contribution in [2.75, 3.05) is 11.9 Å². The molecule has 4 N–H and O–H groups in total. The molecule has 2 aromatic carbocycles. The molecule has 0 saturated carbocycles. The van der Waals surface area contributed by atoms with E-state index in [2.05, 4.69) is 40.0 Å². The van der Waals surface area contributed by atoms with Gasteiger partial charge in [0, 0.05) is 23.3 Å². The van der Waals surface area contributed by atoms with Gasteiger partial charge in [-0.3, -0.25) is 15.2 Å². The van der Waals surface area contributed by atoms with Gasteiger partial charge in [-0.25, -0.2) is 13.2 Å². The zero-order valence-corrected chi connectivity index (χ0v) is 18.2. The van der Waals surface area contributed by atoms with Gasteiger partial charge in [-0.1, -0.05) is 25.4 Å². The second kappa shape index (κ2) is 10.5. The summed E-state index contributed by atoms with van der Waals surface area (Å²) in [6.07, 6.45) is 0.0956. The smallest absolute Gasteiger partial charge is 0.253 e. The lowest BCUT2D eigenvalue weighted by molar-refractivity contribution is 0.0934. The van der Waals surface area contributed by atoms with Crippen molar-refractivity contribution in [3.8, 4) is 11.3 Å². The highest BCUT2D eigenvalue weighted by Crippen LogP contribution is 2.22. The number of hydrogen-bond donors (Lipinski definition) is 4. The standard InChI is InChI=1S/C22H23ClF3N5O/c1-12(2)5-6-27-22(29-21(32)13-3-4-17(23)18(26)9-13)28-20-11-19(30-31-20)14-7-15(24)10-16(25)8-14/h3-4,7-12,22,27H,5-6H2,1-2H3,(H,29,32)(H2,28,30,31). The van der Waals surface area contributed by atoms with E-state index in [0.717, 1.165) is 18.6 Å². The van der Waals surface area contributed by atoms with Gasteiger partial charge in [-0.05, 0) is 49.2 Å². The molecule has 1 amide bonds. The number of hydrogen-bond acceptors (Lipinski definition) is 4. The van der Waals surface area contributed by atoms with Crippen molar-refractivity contribution >= 4 is 23.3 Å². The number of carbonyl (C=O) groups is 1. The molecule has 0 bridgehead atoms. The third kappa shape index (κ3) is 6.48. The number of rotatable bonds is 9. The summed E-state index contributed by atoms with van der Waals surface area (Å²) in [5, 5.41) is 15.6. The van der Waals surface area contributed by atoms with Gasteiger partial charge in [0.15, 0.2) is 12.1 Å². The minimum atomic E-state index is -0.750. The van der Waals surface area contributed by atoms with Crippen molar-refractivity contribution in [1.29, 1.82) is 0 Å². The molecule has 1 aromatic heterocycles. The van der Waals surface area contributed by atoms with Crippen LogP contribution in [0.25, 0.3) is 11.3 Å². The number of anilines is 1. The molecule has 0 aliphatic rings. The number of aromatic amines is 1. The fraction of sp³-hybridized carbons (Fsp3) is 0.273. The van der Waals surface area contributed by atoms with E-state index >= 15 is 0 Å². The molecule has 3 aromatic rings. The Kier molecular flexibility index (Phi) is 7.76. The molecule has 0 aliphatic heterocycles. The van der Waals surface area contributed by atoms with Crippen LogP contribution in [-0.4, -0.2) is 28.9 Å². The number of amides is 1. The molecule has 170 valence electrons. The number of halogens is 4. The summed E-state index contributed by atoms with van der Waals surface area (Å²) in [4.78, 5) is 12.6. The number of aromatic nitrogens is 2. The minimum absolute atomic E-state index is 0.0795. The van der Waals surface area contributed by atoms with Crippen molar-refractivity contribution in [1.82, 2.24) is 20.8 Å². The molecule has 32 heavy (non-hydrogen) atoms. The summed E-state index contributed by atoms with van der Waals surface area (Å²) in [7, 11) is 0. The molecule has 0 aliphatic carbocycles. The van der Waals surface area contributed by atoms with Crippen LogP contribution in [0.5, 0.6) is 0 Å². The van der Waals surface area contributed by atoms with Crippen LogP contribution in [-0.2, 0) is 0 Å². The van der Waals surface area contributed by atoms with E-state index in [1.807, 2.05) is 0 Å². The Morgan fingerprint density at radius 2 is 1.81 bits per heavy atom. The Balaban J connectivity index is 1.74. The van der Waals surface area contributed by atoms with Crippen molar-refractivity contribution < 1.29 is 18.0 Å². The van der Waals surface area contributed by atoms with Crippen LogP contribution in [0.15, 0.2) is 42.5 Å². The largest absolute Gasteiger partial charge is 0.336 e. The molecule has 1 atom stereocenters. The molecule has 0 fully saturated rings. The summed E-state index contributed by atoms with van der Waals surface area (Å²) >= 11 is 5.68. The summed E-state index contributed by atoms with van der Waals surface area (Å²) in [6.45, 7) is 4.71. The van der Waals surface area contributed by atoms with Crippen LogP contribution in [0, 0.1) is 23.4 Å². The Morgan fingerprint density at radius 1 is 1.09 bits per heavy atom. The molecule has 0 spiro atoms. The fourth-order valence-electron chi connectivity index (χ4n) is 2.91. The highest BCUT2D eigenvalue weighted by molar-refractivity contribution is 6.30. The maximum absolute atomic E-state index is 13.7. The van der Waals surface area contributed by atoms with E-state index in [9.17, 15) is 18.0 Å². The quantitative estimate of drug-likeness (QED) is 0.338. The number of H-pyrrole nitrogens is 1. The molecule has 0 saturated heterocycles. The van der Waals surface area contributed by atoms with Crippen LogP contribution < -0.4 is 16.0 Å². The topological polar surface area (TPSA) is 81.8 Å². The highest BCUT2D eigenvalue weighted by atomic mass is 35.5. The molecular weight excluding hydrogens is 443 g/mol. The van der Waals surface area contributed by atoms with Crippen LogP contribution in [0.4, 0.5) is 19.0 Å². The number of carbonyl (C=O) groups excluding carboxylic acids is 1. The van der Waals surface area contributed by atoms with Gasteiger partial charge in [0.1, 0.15) is 17.5 Å². The second-order valence-electron chi connectivity index (χ2n) is 7.64. The average Bonchev–Trinajstić information content (AvgIpc) is 3.17. The molecule has 10 heteroatoms. The zero-order valence-electron chi connectivity index (χ0n) is 17.5. The first-order valence-electron chi connectivity index (χ1n) is 9.99. The monoisotopic (exact) mass is 465 g/mol. The van der Waals surface area contributed by atoms with Crippen molar-refractivity contribution in [2.45, 2.75) is 26.6 Å². The van der Waals surface area contributed by atoms with Gasteiger partial charge in [-0.15, -0.1) is 0 Å².